The zero-order valence-corrected chi connectivity index (χ0v) is 42.7. The predicted molar refractivity (Wildman–Crippen MR) is 246 cm³/mol. The molecule has 16 heteroatoms. The third kappa shape index (κ3) is 14.4. The molecule has 0 saturated heterocycles. The molecular weight excluding hydrogens is 940 g/mol. The van der Waals surface area contributed by atoms with Crippen molar-refractivity contribution >= 4 is 0 Å². The van der Waals surface area contributed by atoms with Gasteiger partial charge in [0.15, 0.2) is 0 Å². The van der Waals surface area contributed by atoms with E-state index in [0.29, 0.717) is 0 Å². The largest absolute Gasteiger partial charge is 0.497 e. The second kappa shape index (κ2) is 25.0. The highest BCUT2D eigenvalue weighted by Gasteiger charge is 2.28. The van der Waals surface area contributed by atoms with E-state index in [4.69, 9.17) is 55.6 Å². The van der Waals surface area contributed by atoms with E-state index in [2.05, 4.69) is 110 Å². The number of rotatable bonds is 17. The maximum atomic E-state index is 8.49. The molecule has 0 fully saturated rings. The second-order valence-electron chi connectivity index (χ2n) is 17.6. The molecule has 0 spiro atoms. The van der Waals surface area contributed by atoms with E-state index in [-0.39, 0.29) is 0 Å². The Hall–Kier alpha value is -4.84. The van der Waals surface area contributed by atoms with Crippen LogP contribution in [0.1, 0.15) is 112 Å². The van der Waals surface area contributed by atoms with E-state index >= 15 is 0 Å². The summed E-state index contributed by atoms with van der Waals surface area (Å²) in [6.07, 6.45) is 16.4. The summed E-state index contributed by atoms with van der Waals surface area (Å²) < 4.78 is 97.6. The zero-order valence-electron chi connectivity index (χ0n) is 41.2. The van der Waals surface area contributed by atoms with Gasteiger partial charge in [0.05, 0.1) is 26.4 Å². The Morgan fingerprint density at radius 2 is 0.771 bits per heavy atom. The first-order chi connectivity index (χ1) is 33.5. The van der Waals surface area contributed by atoms with Gasteiger partial charge < -0.3 is 18.3 Å². The average Bonchev–Trinajstić information content (AvgIpc) is 3.33. The van der Waals surface area contributed by atoms with Crippen molar-refractivity contribution in [2.75, 3.05) is 40.4 Å². The second-order valence-corrected chi connectivity index (χ2v) is 19.1. The molecule has 6 aliphatic rings. The van der Waals surface area contributed by atoms with Crippen molar-refractivity contribution in [3.8, 4) is 56.8 Å². The number of hydrogen-bond acceptors (Lipinski definition) is 12. The van der Waals surface area contributed by atoms with Crippen molar-refractivity contribution < 1.29 is 76.1 Å². The van der Waals surface area contributed by atoms with Crippen LogP contribution in [0.15, 0.2) is 81.6 Å². The minimum Gasteiger partial charge on any atom is -0.497 e. The molecule has 0 radical (unpaired) electrons. The fraction of sp³-hybridized carbons (Fsp3) is 0.444. The quantitative estimate of drug-likeness (QED) is 0.0938. The molecule has 2 heterocycles. The van der Waals surface area contributed by atoms with E-state index in [1.165, 1.54) is 118 Å². The Labute approximate surface area is 415 Å². The molecule has 378 valence electrons. The Balaban J connectivity index is 0.000000731. The molecule has 0 amide bonds. The average molecular weight is 1010 g/mol. The summed E-state index contributed by atoms with van der Waals surface area (Å²) in [5, 5.41) is 2.47. The van der Waals surface area contributed by atoms with Crippen LogP contribution in [-0.4, -0.2) is 40.4 Å². The molecule has 8 rings (SSSR count). The van der Waals surface area contributed by atoms with Crippen LogP contribution in [0.5, 0.6) is 11.5 Å². The number of aryl methyl sites for hydroxylation is 2. The number of fused-ring (bicyclic) bond motifs is 8. The molecule has 0 N–H and O–H groups in total. The van der Waals surface area contributed by atoms with E-state index in [9.17, 15) is 0 Å². The van der Waals surface area contributed by atoms with Crippen LogP contribution in [0, 0.1) is 20.5 Å². The fourth-order valence-electron chi connectivity index (χ4n) is 10.2. The van der Waals surface area contributed by atoms with Crippen LogP contribution >= 0.6 is 0 Å². The Morgan fingerprint density at radius 3 is 1.10 bits per heavy atom. The van der Waals surface area contributed by atoms with E-state index in [1.807, 2.05) is 0 Å². The van der Waals surface area contributed by atoms with Gasteiger partial charge in [-0.05, 0) is 161 Å². The number of unbranched alkanes of at least 4 members (excludes halogenated alkanes) is 7. The molecule has 4 aliphatic carbocycles. The number of ether oxygens (including phenoxy) is 2. The molecular formula is C54H66Cl2N2O12. The normalized spacial score (nSPS) is 12.7. The van der Waals surface area contributed by atoms with Gasteiger partial charge in [-0.2, -0.15) is 0 Å². The van der Waals surface area contributed by atoms with Gasteiger partial charge in [0.2, 0.25) is 10.7 Å². The van der Waals surface area contributed by atoms with Crippen LogP contribution in [0.3, 0.4) is 0 Å². The Morgan fingerprint density at radius 1 is 0.443 bits per heavy atom. The summed E-state index contributed by atoms with van der Waals surface area (Å²) in [7, 11) is -6.39. The minimum atomic E-state index is -4.94. The maximum absolute atomic E-state index is 8.49. The van der Waals surface area contributed by atoms with Gasteiger partial charge >= 0.3 is 0 Å². The molecule has 14 nitrogen and oxygen atoms in total. The predicted octanol–water partition coefficient (Wildman–Crippen LogP) is 1.65. The molecule has 2 aromatic rings. The van der Waals surface area contributed by atoms with Gasteiger partial charge in [-0.15, -0.1) is 20.5 Å². The third-order valence-electron chi connectivity index (χ3n) is 13.5. The van der Waals surface area contributed by atoms with Gasteiger partial charge in [0.25, 0.3) is 0 Å². The molecule has 0 unspecified atom stereocenters. The molecule has 0 saturated carbocycles. The van der Waals surface area contributed by atoms with Gasteiger partial charge in [-0.1, -0.05) is 38.5 Å². The Bertz CT molecular complexity index is 2560. The van der Waals surface area contributed by atoms with Crippen LogP contribution in [0.4, 0.5) is 0 Å². The first kappa shape index (κ1) is 54.5. The number of benzene rings is 4. The summed E-state index contributed by atoms with van der Waals surface area (Å²) in [4.78, 5) is 0. The summed E-state index contributed by atoms with van der Waals surface area (Å²) >= 11 is 0. The van der Waals surface area contributed by atoms with Gasteiger partial charge in [0.1, 0.15) is 60.7 Å². The smallest absolute Gasteiger partial charge is 0.203 e. The monoisotopic (exact) mass is 1000 g/mol. The highest BCUT2D eigenvalue weighted by atomic mass is 35.7. The highest BCUT2D eigenvalue weighted by Crippen LogP contribution is 2.44. The van der Waals surface area contributed by atoms with Crippen molar-refractivity contribution in [1.82, 2.24) is 9.15 Å². The van der Waals surface area contributed by atoms with Gasteiger partial charge in [-0.25, -0.2) is 46.4 Å². The molecule has 0 bridgehead atoms. The first-order valence-corrected chi connectivity index (χ1v) is 26.9. The summed E-state index contributed by atoms with van der Waals surface area (Å²) in [5.74, 6) is 5.97. The van der Waals surface area contributed by atoms with E-state index in [0.717, 1.165) is 99.2 Å². The first-order valence-electron chi connectivity index (χ1n) is 24.4. The van der Waals surface area contributed by atoms with E-state index < -0.39 is 20.5 Å². The molecule has 0 aromatic heterocycles. The summed E-state index contributed by atoms with van der Waals surface area (Å²) in [6.45, 7) is 12.8. The van der Waals surface area contributed by atoms with Crippen molar-refractivity contribution in [3.63, 3.8) is 0 Å². The number of halogens is 2. The van der Waals surface area contributed by atoms with Crippen molar-refractivity contribution in [2.24, 2.45) is 0 Å². The molecule has 2 aliphatic heterocycles. The number of nitrogens with zero attached hydrogens (tertiary/aromatic N) is 2. The van der Waals surface area contributed by atoms with Crippen molar-refractivity contribution in [1.29, 1.82) is 0 Å². The van der Waals surface area contributed by atoms with Crippen LogP contribution in [0.25, 0.3) is 45.3 Å². The lowest BCUT2D eigenvalue weighted by Gasteiger charge is -2.25. The standard InChI is InChI=1S/C54H66N2O4.2ClHO4/c1-7-55(8-2)39-23-29-47-45(49-27-21-37-33-41(57-5)25-31-43(37)53(49)59-51(47)35-39)19-17-15-13-11-12-14-16-18-20-46-48-30-24-40(56(9-3)10-4)36-52(48)60-54-44-32-26-42(58-6)34-38(44)22-28-50(46)54;2*2-1(3,4)5/h23-26,29-36H,7-22,27-28H2,1-6H3;2*(H,2,3,4,5)/q+2;;/p-2. The lowest BCUT2D eigenvalue weighted by Crippen LogP contribution is -2.68. The minimum absolute atomic E-state index is 0.916. The lowest BCUT2D eigenvalue weighted by atomic mass is 9.83. The van der Waals surface area contributed by atoms with Crippen molar-refractivity contribution in [3.05, 3.63) is 117 Å². The van der Waals surface area contributed by atoms with Gasteiger partial charge in [-0.3, -0.25) is 0 Å². The van der Waals surface area contributed by atoms with Crippen LogP contribution in [-0.2, 0) is 38.5 Å². The van der Waals surface area contributed by atoms with Gasteiger partial charge in [0, 0.05) is 34.4 Å². The zero-order chi connectivity index (χ0) is 50.6. The molecule has 70 heavy (non-hydrogen) atoms. The SMILES string of the molecule is CC[N+](CC)=c1ccc2c(CCCCCCCCCCc3c4ccc(=[N+](CC)CC)cc-4oc4c3CCc3cc(OC)ccc3-4)c3c(oc-2c1)-c1ccc(OC)cc1CC3.[O-][Cl+3]([O-])([O-])[O-].[O-][Cl+3]([O-])([O-])[O-]. The maximum Gasteiger partial charge on any atom is 0.203 e. The summed E-state index contributed by atoms with van der Waals surface area (Å²) in [6, 6.07) is 26.7. The number of methoxy groups -OCH3 is 2. The highest BCUT2D eigenvalue weighted by molar-refractivity contribution is 5.78. The molecule has 2 aromatic carbocycles. The molecule has 0 atom stereocenters. The third-order valence-corrected chi connectivity index (χ3v) is 13.5. The van der Waals surface area contributed by atoms with E-state index in [1.54, 1.807) is 14.2 Å². The number of hydrogen-bond donors (Lipinski definition) is 0. The lowest BCUT2D eigenvalue weighted by molar-refractivity contribution is -2.00. The topological polar surface area (TPSA) is 235 Å². The Kier molecular flexibility index (Phi) is 19.5. The van der Waals surface area contributed by atoms with Crippen LogP contribution < -0.4 is 66.6 Å². The van der Waals surface area contributed by atoms with Crippen LogP contribution in [0.2, 0.25) is 0 Å². The summed E-state index contributed by atoms with van der Waals surface area (Å²) in [5.41, 5.74) is 13.5. The fourth-order valence-corrected chi connectivity index (χ4v) is 10.2. The van der Waals surface area contributed by atoms with Crippen molar-refractivity contribution in [2.45, 2.75) is 118 Å².